The highest BCUT2D eigenvalue weighted by Crippen LogP contribution is 2.16. The highest BCUT2D eigenvalue weighted by atomic mass is 79.9. The third-order valence-corrected chi connectivity index (χ3v) is 3.44. The van der Waals surface area contributed by atoms with Crippen molar-refractivity contribution >= 4 is 15.9 Å². The summed E-state index contributed by atoms with van der Waals surface area (Å²) >= 11 is 3.51. The van der Waals surface area contributed by atoms with Gasteiger partial charge in [0, 0.05) is 11.0 Å². The molecule has 0 radical (unpaired) electrons. The van der Waals surface area contributed by atoms with E-state index in [0.29, 0.717) is 6.61 Å². The molecular weight excluding hydrogens is 266 g/mol. The average molecular weight is 286 g/mol. The molecule has 0 N–H and O–H groups in total. The van der Waals surface area contributed by atoms with E-state index < -0.39 is 0 Å². The van der Waals surface area contributed by atoms with Crippen LogP contribution < -0.4 is 0 Å². The Morgan fingerprint density at radius 3 is 2.50 bits per heavy atom. The molecule has 0 amide bonds. The second-order valence-electron chi connectivity index (χ2n) is 3.67. The van der Waals surface area contributed by atoms with Crippen LogP contribution in [-0.4, -0.2) is 31.1 Å². The van der Waals surface area contributed by atoms with E-state index in [0.717, 1.165) is 30.7 Å². The van der Waals surface area contributed by atoms with E-state index in [2.05, 4.69) is 40.7 Å². The van der Waals surface area contributed by atoms with Crippen LogP contribution in [0.5, 0.6) is 0 Å². The third-order valence-electron chi connectivity index (χ3n) is 2.66. The highest BCUT2D eigenvalue weighted by Gasteiger charge is 2.00. The number of rotatable bonds is 7. The Bertz CT molecular complexity index is 300. The lowest BCUT2D eigenvalue weighted by Crippen LogP contribution is -2.26. The molecule has 16 heavy (non-hydrogen) atoms. The molecule has 0 spiro atoms. The Hall–Kier alpha value is -0.380. The fourth-order valence-corrected chi connectivity index (χ4v) is 1.93. The van der Waals surface area contributed by atoms with Gasteiger partial charge in [0.1, 0.15) is 0 Å². The van der Waals surface area contributed by atoms with Crippen molar-refractivity contribution in [3.05, 3.63) is 34.3 Å². The zero-order chi connectivity index (χ0) is 11.8. The number of nitrogens with zero attached hydrogens (tertiary/aromatic N) is 1. The quantitative estimate of drug-likeness (QED) is 0.713. The molecule has 0 saturated carbocycles. The van der Waals surface area contributed by atoms with Gasteiger partial charge in [-0.1, -0.05) is 48.0 Å². The Kier molecular flexibility index (Phi) is 6.69. The van der Waals surface area contributed by atoms with Gasteiger partial charge in [0.15, 0.2) is 0 Å². The standard InChI is InChI=1S/C13H20BrNO/c1-3-15(4-2)9-10-16-11-12-7-5-6-8-13(12)14/h5-8H,3-4,9-11H2,1-2H3. The first-order valence-corrected chi connectivity index (χ1v) is 6.60. The topological polar surface area (TPSA) is 12.5 Å². The third kappa shape index (κ3) is 4.64. The van der Waals surface area contributed by atoms with Crippen LogP contribution >= 0.6 is 15.9 Å². The molecule has 0 bridgehead atoms. The van der Waals surface area contributed by atoms with Gasteiger partial charge in [-0.15, -0.1) is 0 Å². The van der Waals surface area contributed by atoms with Gasteiger partial charge in [-0.25, -0.2) is 0 Å². The van der Waals surface area contributed by atoms with E-state index in [1.54, 1.807) is 0 Å². The molecule has 0 aliphatic rings. The first-order chi connectivity index (χ1) is 7.77. The number of hydrogen-bond donors (Lipinski definition) is 0. The van der Waals surface area contributed by atoms with E-state index >= 15 is 0 Å². The van der Waals surface area contributed by atoms with Crippen molar-refractivity contribution in [3.63, 3.8) is 0 Å². The summed E-state index contributed by atoms with van der Waals surface area (Å²) in [5, 5.41) is 0. The summed E-state index contributed by atoms with van der Waals surface area (Å²) in [4.78, 5) is 2.36. The Balaban J connectivity index is 2.23. The summed E-state index contributed by atoms with van der Waals surface area (Å²) in [6, 6.07) is 8.18. The molecule has 0 atom stereocenters. The van der Waals surface area contributed by atoms with Crippen LogP contribution in [0.4, 0.5) is 0 Å². The lowest BCUT2D eigenvalue weighted by Gasteiger charge is -2.17. The van der Waals surface area contributed by atoms with E-state index in [-0.39, 0.29) is 0 Å². The summed E-state index contributed by atoms with van der Waals surface area (Å²) in [6.45, 7) is 9.03. The lowest BCUT2D eigenvalue weighted by molar-refractivity contribution is 0.0953. The number of benzene rings is 1. The molecule has 0 aromatic heterocycles. The maximum Gasteiger partial charge on any atom is 0.0728 e. The monoisotopic (exact) mass is 285 g/mol. The zero-order valence-corrected chi connectivity index (χ0v) is 11.7. The van der Waals surface area contributed by atoms with Crippen molar-refractivity contribution in [2.45, 2.75) is 20.5 Å². The van der Waals surface area contributed by atoms with Crippen molar-refractivity contribution in [2.24, 2.45) is 0 Å². The number of likely N-dealkylation sites (N-methyl/N-ethyl adjacent to an activating group) is 1. The van der Waals surface area contributed by atoms with Gasteiger partial charge >= 0.3 is 0 Å². The highest BCUT2D eigenvalue weighted by molar-refractivity contribution is 9.10. The van der Waals surface area contributed by atoms with Crippen LogP contribution in [-0.2, 0) is 11.3 Å². The fraction of sp³-hybridized carbons (Fsp3) is 0.538. The van der Waals surface area contributed by atoms with E-state index in [9.17, 15) is 0 Å². The molecule has 0 saturated heterocycles. The Labute approximate surface area is 107 Å². The van der Waals surface area contributed by atoms with Crippen molar-refractivity contribution in [2.75, 3.05) is 26.2 Å². The van der Waals surface area contributed by atoms with Crippen molar-refractivity contribution in [1.82, 2.24) is 4.90 Å². The molecule has 1 rings (SSSR count). The van der Waals surface area contributed by atoms with Crippen molar-refractivity contribution in [3.8, 4) is 0 Å². The maximum absolute atomic E-state index is 5.66. The summed E-state index contributed by atoms with van der Waals surface area (Å²) in [5.74, 6) is 0. The normalized spacial score (nSPS) is 11.0. The molecule has 90 valence electrons. The minimum atomic E-state index is 0.683. The summed E-state index contributed by atoms with van der Waals surface area (Å²) < 4.78 is 6.79. The minimum absolute atomic E-state index is 0.683. The predicted molar refractivity (Wildman–Crippen MR) is 71.6 cm³/mol. The molecule has 0 heterocycles. The van der Waals surface area contributed by atoms with Crippen molar-refractivity contribution < 1.29 is 4.74 Å². The molecular formula is C13H20BrNO. The van der Waals surface area contributed by atoms with Crippen molar-refractivity contribution in [1.29, 1.82) is 0 Å². The van der Waals surface area contributed by atoms with E-state index in [4.69, 9.17) is 4.74 Å². The molecule has 1 aromatic carbocycles. The van der Waals surface area contributed by atoms with Crippen LogP contribution in [0, 0.1) is 0 Å². The molecule has 0 unspecified atom stereocenters. The summed E-state index contributed by atoms with van der Waals surface area (Å²) in [5.41, 5.74) is 1.21. The van der Waals surface area contributed by atoms with Crippen LogP contribution in [0.15, 0.2) is 28.7 Å². The van der Waals surface area contributed by atoms with Gasteiger partial charge in [-0.2, -0.15) is 0 Å². The minimum Gasteiger partial charge on any atom is -0.375 e. The van der Waals surface area contributed by atoms with Crippen LogP contribution in [0.3, 0.4) is 0 Å². The van der Waals surface area contributed by atoms with Crippen LogP contribution in [0.25, 0.3) is 0 Å². The summed E-state index contributed by atoms with van der Waals surface area (Å²) in [7, 11) is 0. The predicted octanol–water partition coefficient (Wildman–Crippen LogP) is 3.31. The zero-order valence-electron chi connectivity index (χ0n) is 10.1. The second-order valence-corrected chi connectivity index (χ2v) is 4.53. The first-order valence-electron chi connectivity index (χ1n) is 5.81. The van der Waals surface area contributed by atoms with Crippen LogP contribution in [0.2, 0.25) is 0 Å². The number of halogens is 1. The Morgan fingerprint density at radius 2 is 1.88 bits per heavy atom. The number of hydrogen-bond acceptors (Lipinski definition) is 2. The van der Waals surface area contributed by atoms with Gasteiger partial charge in [-0.3, -0.25) is 0 Å². The van der Waals surface area contributed by atoms with E-state index in [1.807, 2.05) is 18.2 Å². The maximum atomic E-state index is 5.66. The van der Waals surface area contributed by atoms with Gasteiger partial charge in [-0.05, 0) is 24.7 Å². The lowest BCUT2D eigenvalue weighted by atomic mass is 10.2. The van der Waals surface area contributed by atoms with Gasteiger partial charge < -0.3 is 9.64 Å². The number of ether oxygens (including phenoxy) is 1. The molecule has 2 nitrogen and oxygen atoms in total. The Morgan fingerprint density at radius 1 is 1.19 bits per heavy atom. The fourth-order valence-electron chi connectivity index (χ4n) is 1.53. The largest absolute Gasteiger partial charge is 0.375 e. The molecule has 1 aromatic rings. The summed E-state index contributed by atoms with van der Waals surface area (Å²) in [6.07, 6.45) is 0. The van der Waals surface area contributed by atoms with Gasteiger partial charge in [0.05, 0.1) is 13.2 Å². The first kappa shape index (κ1) is 13.7. The SMILES string of the molecule is CCN(CC)CCOCc1ccccc1Br. The second kappa shape index (κ2) is 7.82. The van der Waals surface area contributed by atoms with Gasteiger partial charge in [0.2, 0.25) is 0 Å². The van der Waals surface area contributed by atoms with Gasteiger partial charge in [0.25, 0.3) is 0 Å². The smallest absolute Gasteiger partial charge is 0.0728 e. The van der Waals surface area contributed by atoms with Crippen LogP contribution in [0.1, 0.15) is 19.4 Å². The molecule has 0 aliphatic heterocycles. The molecule has 3 heteroatoms. The molecule has 0 aliphatic carbocycles. The molecule has 0 fully saturated rings. The van der Waals surface area contributed by atoms with E-state index in [1.165, 1.54) is 5.56 Å². The average Bonchev–Trinajstić information content (AvgIpc) is 2.31.